The van der Waals surface area contributed by atoms with Crippen LogP contribution in [0.3, 0.4) is 0 Å². The number of benzene rings is 4. The Bertz CT molecular complexity index is 1610. The molecule has 0 saturated carbocycles. The molecule has 0 aromatic heterocycles. The van der Waals surface area contributed by atoms with E-state index >= 15 is 0 Å². The Labute approximate surface area is 237 Å². The normalized spacial score (nSPS) is 11.1. The van der Waals surface area contributed by atoms with Gasteiger partial charge in [-0.05, 0) is 74.0 Å². The summed E-state index contributed by atoms with van der Waals surface area (Å²) in [5, 5.41) is 3.48. The van der Waals surface area contributed by atoms with Crippen LogP contribution in [0.2, 0.25) is 10.0 Å². The van der Waals surface area contributed by atoms with Gasteiger partial charge in [-0.15, -0.1) is 0 Å². The number of amides is 1. The first-order valence-corrected chi connectivity index (χ1v) is 14.0. The van der Waals surface area contributed by atoms with Gasteiger partial charge >= 0.3 is 0 Å². The lowest BCUT2D eigenvalue weighted by Crippen LogP contribution is -2.38. The molecule has 0 bridgehead atoms. The Balaban J connectivity index is 1.68. The fourth-order valence-corrected chi connectivity index (χ4v) is 5.65. The third kappa shape index (κ3) is 6.47. The summed E-state index contributed by atoms with van der Waals surface area (Å²) in [5.41, 5.74) is 1.97. The van der Waals surface area contributed by atoms with Crippen molar-refractivity contribution in [1.29, 1.82) is 0 Å². The predicted molar refractivity (Wildman–Crippen MR) is 155 cm³/mol. The number of halogens is 2. The number of methoxy groups -OCH3 is 1. The summed E-state index contributed by atoms with van der Waals surface area (Å²) in [6.45, 7) is 3.03. The smallest absolute Gasteiger partial charge is 0.264 e. The van der Waals surface area contributed by atoms with Crippen LogP contribution in [0.1, 0.15) is 11.1 Å². The van der Waals surface area contributed by atoms with Gasteiger partial charge in [-0.3, -0.25) is 9.10 Å². The van der Waals surface area contributed by atoms with E-state index < -0.39 is 22.5 Å². The molecule has 0 atom stereocenters. The van der Waals surface area contributed by atoms with Gasteiger partial charge in [0, 0.05) is 10.0 Å². The molecule has 0 aliphatic rings. The van der Waals surface area contributed by atoms with Crippen LogP contribution in [0.15, 0.2) is 89.8 Å². The van der Waals surface area contributed by atoms with E-state index in [-0.39, 0.29) is 16.3 Å². The highest BCUT2D eigenvalue weighted by molar-refractivity contribution is 7.92. The molecule has 202 valence electrons. The van der Waals surface area contributed by atoms with Gasteiger partial charge in [-0.1, -0.05) is 59.1 Å². The number of nitrogens with zero attached hydrogens (tertiary/aromatic N) is 1. The molecule has 4 aromatic carbocycles. The number of nitrogens with one attached hydrogen (secondary N) is 1. The number of para-hydroxylation sites is 2. The van der Waals surface area contributed by atoms with E-state index in [1.165, 1.54) is 25.3 Å². The number of ether oxygens (including phenoxy) is 2. The average Bonchev–Trinajstić information content (AvgIpc) is 2.91. The SMILES string of the molecule is COc1ccccc1Oc1ccc(Cl)cc1NC(=O)CN(c1cccc(Cl)c1C)S(=O)(=O)c1ccc(C)cc1. The predicted octanol–water partition coefficient (Wildman–Crippen LogP) is 7.25. The maximum absolute atomic E-state index is 13.8. The Hall–Kier alpha value is -3.72. The molecule has 0 heterocycles. The van der Waals surface area contributed by atoms with Crippen LogP contribution in [-0.4, -0.2) is 28.0 Å². The van der Waals surface area contributed by atoms with Gasteiger partial charge in [-0.25, -0.2) is 8.42 Å². The summed E-state index contributed by atoms with van der Waals surface area (Å²) in [7, 11) is -2.61. The van der Waals surface area contributed by atoms with Crippen molar-refractivity contribution in [2.45, 2.75) is 18.7 Å². The maximum atomic E-state index is 13.8. The molecule has 1 amide bonds. The van der Waals surface area contributed by atoms with Crippen LogP contribution in [0.25, 0.3) is 0 Å². The zero-order valence-electron chi connectivity index (χ0n) is 21.4. The topological polar surface area (TPSA) is 84.9 Å². The first-order chi connectivity index (χ1) is 18.6. The Morgan fingerprint density at radius 2 is 1.56 bits per heavy atom. The Morgan fingerprint density at radius 3 is 2.26 bits per heavy atom. The minimum absolute atomic E-state index is 0.0447. The van der Waals surface area contributed by atoms with Crippen molar-refractivity contribution >= 4 is 50.5 Å². The van der Waals surface area contributed by atoms with E-state index in [0.717, 1.165) is 9.87 Å². The van der Waals surface area contributed by atoms with Crippen LogP contribution in [0.5, 0.6) is 17.2 Å². The standard InChI is InChI=1S/C29H26Cl2N2O5S/c1-19-11-14-22(15-12-19)39(35,36)33(25-8-6-7-23(31)20(25)2)18-29(34)32-24-17-21(30)13-16-26(24)38-28-10-5-4-9-27(28)37-3/h4-17H,18H2,1-3H3,(H,32,34). The molecular formula is C29H26Cl2N2O5S. The van der Waals surface area contributed by atoms with Gasteiger partial charge in [0.05, 0.1) is 23.4 Å². The van der Waals surface area contributed by atoms with E-state index in [1.807, 2.05) is 6.92 Å². The summed E-state index contributed by atoms with van der Waals surface area (Å²) in [5.74, 6) is 0.605. The van der Waals surface area contributed by atoms with Crippen molar-refractivity contribution in [3.8, 4) is 17.2 Å². The highest BCUT2D eigenvalue weighted by atomic mass is 35.5. The van der Waals surface area contributed by atoms with Crippen molar-refractivity contribution in [2.24, 2.45) is 0 Å². The number of carbonyl (C=O) groups excluding carboxylic acids is 1. The molecule has 0 fully saturated rings. The second kappa shape index (κ2) is 12.0. The lowest BCUT2D eigenvalue weighted by atomic mass is 10.2. The minimum atomic E-state index is -4.13. The van der Waals surface area contributed by atoms with E-state index in [9.17, 15) is 13.2 Å². The largest absolute Gasteiger partial charge is 0.493 e. The molecular weight excluding hydrogens is 559 g/mol. The second-order valence-electron chi connectivity index (χ2n) is 8.65. The number of sulfonamides is 1. The molecule has 0 spiro atoms. The third-order valence-corrected chi connectivity index (χ3v) is 8.33. The van der Waals surface area contributed by atoms with Crippen molar-refractivity contribution in [2.75, 3.05) is 23.3 Å². The van der Waals surface area contributed by atoms with Crippen LogP contribution in [0.4, 0.5) is 11.4 Å². The lowest BCUT2D eigenvalue weighted by Gasteiger charge is -2.26. The molecule has 0 unspecified atom stereocenters. The average molecular weight is 586 g/mol. The highest BCUT2D eigenvalue weighted by Crippen LogP contribution is 2.37. The van der Waals surface area contributed by atoms with E-state index in [0.29, 0.717) is 32.9 Å². The summed E-state index contributed by atoms with van der Waals surface area (Å²) in [4.78, 5) is 13.4. The van der Waals surface area contributed by atoms with Gasteiger partial charge in [0.2, 0.25) is 5.91 Å². The van der Waals surface area contributed by atoms with E-state index in [4.69, 9.17) is 32.7 Å². The number of hydrogen-bond acceptors (Lipinski definition) is 5. The van der Waals surface area contributed by atoms with E-state index in [1.54, 1.807) is 73.7 Å². The maximum Gasteiger partial charge on any atom is 0.264 e. The van der Waals surface area contributed by atoms with Crippen LogP contribution < -0.4 is 19.1 Å². The number of hydrogen-bond donors (Lipinski definition) is 1. The molecule has 0 radical (unpaired) electrons. The summed E-state index contributed by atoms with van der Waals surface area (Å²) < 4.78 is 39.9. The number of anilines is 2. The molecule has 4 aromatic rings. The lowest BCUT2D eigenvalue weighted by molar-refractivity contribution is -0.114. The van der Waals surface area contributed by atoms with Crippen LogP contribution >= 0.6 is 23.2 Å². The van der Waals surface area contributed by atoms with Crippen molar-refractivity contribution < 1.29 is 22.7 Å². The number of rotatable bonds is 9. The molecule has 0 aliphatic heterocycles. The van der Waals surface area contributed by atoms with Gasteiger partial charge in [0.15, 0.2) is 17.2 Å². The first-order valence-electron chi connectivity index (χ1n) is 11.8. The molecule has 7 nitrogen and oxygen atoms in total. The number of aryl methyl sites for hydroxylation is 1. The number of carbonyl (C=O) groups is 1. The molecule has 0 saturated heterocycles. The molecule has 10 heteroatoms. The van der Waals surface area contributed by atoms with Crippen LogP contribution in [-0.2, 0) is 14.8 Å². The van der Waals surface area contributed by atoms with Crippen molar-refractivity contribution in [3.63, 3.8) is 0 Å². The monoisotopic (exact) mass is 584 g/mol. The van der Waals surface area contributed by atoms with Crippen molar-refractivity contribution in [3.05, 3.63) is 106 Å². The van der Waals surface area contributed by atoms with E-state index in [2.05, 4.69) is 5.32 Å². The van der Waals surface area contributed by atoms with Crippen LogP contribution in [0, 0.1) is 13.8 Å². The third-order valence-electron chi connectivity index (χ3n) is 5.91. The molecule has 39 heavy (non-hydrogen) atoms. The van der Waals surface area contributed by atoms with Gasteiger partial charge < -0.3 is 14.8 Å². The fourth-order valence-electron chi connectivity index (χ4n) is 3.83. The molecule has 4 rings (SSSR count). The van der Waals surface area contributed by atoms with Gasteiger partial charge in [0.25, 0.3) is 10.0 Å². The molecule has 1 N–H and O–H groups in total. The quantitative estimate of drug-likeness (QED) is 0.224. The minimum Gasteiger partial charge on any atom is -0.493 e. The summed E-state index contributed by atoms with van der Waals surface area (Å²) in [6.07, 6.45) is 0. The first kappa shape index (κ1) is 28.3. The fraction of sp³-hybridized carbons (Fsp3) is 0.138. The van der Waals surface area contributed by atoms with Crippen molar-refractivity contribution in [1.82, 2.24) is 0 Å². The van der Waals surface area contributed by atoms with Gasteiger partial charge in [0.1, 0.15) is 6.54 Å². The Kier molecular flexibility index (Phi) is 8.70. The second-order valence-corrected chi connectivity index (χ2v) is 11.4. The summed E-state index contributed by atoms with van der Waals surface area (Å²) >= 11 is 12.5. The zero-order valence-corrected chi connectivity index (χ0v) is 23.8. The molecule has 0 aliphatic carbocycles. The zero-order chi connectivity index (χ0) is 28.2. The Morgan fingerprint density at radius 1 is 0.872 bits per heavy atom. The summed E-state index contributed by atoms with van der Waals surface area (Å²) in [6, 6.07) is 23.1. The van der Waals surface area contributed by atoms with Gasteiger partial charge in [-0.2, -0.15) is 0 Å². The highest BCUT2D eigenvalue weighted by Gasteiger charge is 2.29.